The van der Waals surface area contributed by atoms with E-state index >= 15 is 0 Å². The molecule has 0 amide bonds. The number of rotatable bonds is 2. The molecule has 0 saturated heterocycles. The minimum atomic E-state index is -0.926. The first-order chi connectivity index (χ1) is 5.24. The number of hydrogen-bond acceptors (Lipinski definition) is 1. The van der Waals surface area contributed by atoms with Crippen molar-refractivity contribution in [3.05, 3.63) is 29.6 Å². The maximum atomic E-state index is 12.5. The van der Waals surface area contributed by atoms with Crippen LogP contribution in [0.15, 0.2) is 18.2 Å². The fraction of sp³-hybridized carbons (Fsp3) is 0.250. The van der Waals surface area contributed by atoms with Crippen LogP contribution < -0.4 is 4.74 Å². The first-order valence-corrected chi connectivity index (χ1v) is 3.19. The Hall–Kier alpha value is -1.12. The number of halogens is 2. The lowest BCUT2D eigenvalue weighted by Crippen LogP contribution is -1.92. The van der Waals surface area contributed by atoms with E-state index in [1.54, 1.807) is 13.0 Å². The van der Waals surface area contributed by atoms with Gasteiger partial charge in [-0.1, -0.05) is 6.07 Å². The van der Waals surface area contributed by atoms with Gasteiger partial charge in [-0.15, -0.1) is 0 Å². The van der Waals surface area contributed by atoms with Gasteiger partial charge in [0, 0.05) is 6.07 Å². The van der Waals surface area contributed by atoms with Crippen LogP contribution in [-0.4, -0.2) is 6.86 Å². The Balaban J connectivity index is 2.93. The van der Waals surface area contributed by atoms with E-state index in [2.05, 4.69) is 4.74 Å². The van der Waals surface area contributed by atoms with Gasteiger partial charge >= 0.3 is 0 Å². The molecule has 0 spiro atoms. The molecule has 0 radical (unpaired) electrons. The summed E-state index contributed by atoms with van der Waals surface area (Å²) in [6, 6.07) is 4.01. The van der Waals surface area contributed by atoms with Crippen LogP contribution in [0.3, 0.4) is 0 Å². The fourth-order valence-corrected chi connectivity index (χ4v) is 0.788. The minimum absolute atomic E-state index is 0.257. The van der Waals surface area contributed by atoms with Crippen LogP contribution in [0.2, 0.25) is 0 Å². The molecule has 0 aliphatic heterocycles. The van der Waals surface area contributed by atoms with Crippen molar-refractivity contribution in [3.63, 3.8) is 0 Å². The van der Waals surface area contributed by atoms with Gasteiger partial charge in [0.15, 0.2) is 0 Å². The second kappa shape index (κ2) is 3.32. The Labute approximate surface area is 63.6 Å². The third-order valence-corrected chi connectivity index (χ3v) is 1.36. The molecule has 0 N–H and O–H groups in total. The number of alkyl halides is 1. The number of hydrogen-bond donors (Lipinski definition) is 0. The summed E-state index contributed by atoms with van der Waals surface area (Å²) in [5, 5.41) is 0. The molecule has 11 heavy (non-hydrogen) atoms. The summed E-state index contributed by atoms with van der Waals surface area (Å²) in [6.45, 7) is 0.800. The molecule has 0 bridgehead atoms. The van der Waals surface area contributed by atoms with Crippen LogP contribution >= 0.6 is 0 Å². The third kappa shape index (κ3) is 1.90. The van der Waals surface area contributed by atoms with E-state index in [1.807, 2.05) is 0 Å². The van der Waals surface area contributed by atoms with Gasteiger partial charge in [-0.3, -0.25) is 0 Å². The van der Waals surface area contributed by atoms with Crippen molar-refractivity contribution in [1.82, 2.24) is 0 Å². The van der Waals surface area contributed by atoms with Crippen molar-refractivity contribution < 1.29 is 13.5 Å². The maximum Gasteiger partial charge on any atom is 0.228 e. The molecule has 0 aliphatic carbocycles. The highest BCUT2D eigenvalue weighted by Gasteiger charge is 1.99. The van der Waals surface area contributed by atoms with Crippen LogP contribution in [0, 0.1) is 12.7 Å². The molecule has 0 unspecified atom stereocenters. The molecule has 0 heterocycles. The molecule has 1 aromatic carbocycles. The zero-order valence-corrected chi connectivity index (χ0v) is 6.10. The Kier molecular flexibility index (Phi) is 2.41. The Morgan fingerprint density at radius 3 is 2.82 bits per heavy atom. The smallest absolute Gasteiger partial charge is 0.228 e. The van der Waals surface area contributed by atoms with E-state index in [-0.39, 0.29) is 5.75 Å². The zero-order chi connectivity index (χ0) is 8.27. The van der Waals surface area contributed by atoms with Crippen molar-refractivity contribution in [2.24, 2.45) is 0 Å². The normalized spacial score (nSPS) is 9.73. The minimum Gasteiger partial charge on any atom is -0.463 e. The Bertz CT molecular complexity index is 248. The summed E-state index contributed by atoms with van der Waals surface area (Å²) in [4.78, 5) is 0. The topological polar surface area (TPSA) is 9.23 Å². The molecule has 3 heteroatoms. The molecular formula is C8H8F2O. The van der Waals surface area contributed by atoms with E-state index in [0.29, 0.717) is 0 Å². The quantitative estimate of drug-likeness (QED) is 0.642. The average Bonchev–Trinajstić information content (AvgIpc) is 1.98. The highest BCUT2D eigenvalue weighted by Crippen LogP contribution is 2.18. The van der Waals surface area contributed by atoms with Gasteiger partial charge < -0.3 is 4.74 Å². The van der Waals surface area contributed by atoms with E-state index < -0.39 is 12.7 Å². The first-order valence-electron chi connectivity index (χ1n) is 3.19. The van der Waals surface area contributed by atoms with Crippen molar-refractivity contribution in [3.8, 4) is 5.75 Å². The van der Waals surface area contributed by atoms with Crippen LogP contribution in [-0.2, 0) is 0 Å². The standard InChI is InChI=1S/C8H8F2O/c1-6-2-3-7(10)4-8(6)11-5-9/h2-4H,5H2,1H3. The van der Waals surface area contributed by atoms with Crippen LogP contribution in [0.4, 0.5) is 8.78 Å². The first kappa shape index (κ1) is 7.98. The van der Waals surface area contributed by atoms with Gasteiger partial charge in [0.25, 0.3) is 0 Å². The van der Waals surface area contributed by atoms with E-state index in [0.717, 1.165) is 11.6 Å². The van der Waals surface area contributed by atoms with Gasteiger partial charge in [0.2, 0.25) is 6.86 Å². The second-order valence-corrected chi connectivity index (χ2v) is 2.16. The molecule has 1 aromatic rings. The maximum absolute atomic E-state index is 12.5. The second-order valence-electron chi connectivity index (χ2n) is 2.16. The van der Waals surface area contributed by atoms with Crippen molar-refractivity contribution in [1.29, 1.82) is 0 Å². The molecule has 60 valence electrons. The van der Waals surface area contributed by atoms with Crippen molar-refractivity contribution in [2.45, 2.75) is 6.92 Å². The predicted octanol–water partition coefficient (Wildman–Crippen LogP) is 2.44. The van der Waals surface area contributed by atoms with Gasteiger partial charge in [0.1, 0.15) is 11.6 Å². The lowest BCUT2D eigenvalue weighted by atomic mass is 10.2. The number of benzene rings is 1. The highest BCUT2D eigenvalue weighted by atomic mass is 19.1. The van der Waals surface area contributed by atoms with Gasteiger partial charge in [-0.2, -0.15) is 0 Å². The summed E-state index contributed by atoms with van der Waals surface area (Å²) in [5.74, 6) is -0.161. The molecule has 1 nitrogen and oxygen atoms in total. The van der Waals surface area contributed by atoms with Crippen molar-refractivity contribution >= 4 is 0 Å². The summed E-state index contributed by atoms with van der Waals surface area (Å²) in [5.41, 5.74) is 0.726. The lowest BCUT2D eigenvalue weighted by Gasteiger charge is -2.03. The van der Waals surface area contributed by atoms with Crippen LogP contribution in [0.1, 0.15) is 5.56 Å². The van der Waals surface area contributed by atoms with Crippen LogP contribution in [0.5, 0.6) is 5.75 Å². The highest BCUT2D eigenvalue weighted by molar-refractivity contribution is 5.32. The van der Waals surface area contributed by atoms with E-state index in [1.165, 1.54) is 6.07 Å². The molecule has 0 aromatic heterocycles. The summed E-state index contributed by atoms with van der Waals surface area (Å²) in [6.07, 6.45) is 0. The molecule has 0 fully saturated rings. The Morgan fingerprint density at radius 1 is 1.45 bits per heavy atom. The van der Waals surface area contributed by atoms with E-state index in [9.17, 15) is 8.78 Å². The predicted molar refractivity (Wildman–Crippen MR) is 37.7 cm³/mol. The lowest BCUT2D eigenvalue weighted by molar-refractivity contribution is 0.190. The third-order valence-electron chi connectivity index (χ3n) is 1.36. The summed E-state index contributed by atoms with van der Waals surface area (Å²) in [7, 11) is 0. The number of aryl methyl sites for hydroxylation is 1. The van der Waals surface area contributed by atoms with E-state index in [4.69, 9.17) is 0 Å². The molecule has 0 aliphatic rings. The number of ether oxygens (including phenoxy) is 1. The van der Waals surface area contributed by atoms with Gasteiger partial charge in [-0.05, 0) is 18.6 Å². The monoisotopic (exact) mass is 158 g/mol. The Morgan fingerprint density at radius 2 is 2.18 bits per heavy atom. The SMILES string of the molecule is Cc1ccc(F)cc1OCF. The molecular weight excluding hydrogens is 150 g/mol. The fourth-order valence-electron chi connectivity index (χ4n) is 0.788. The zero-order valence-electron chi connectivity index (χ0n) is 6.10. The average molecular weight is 158 g/mol. The largest absolute Gasteiger partial charge is 0.463 e. The molecule has 0 atom stereocenters. The molecule has 1 rings (SSSR count). The van der Waals surface area contributed by atoms with Gasteiger partial charge in [0.05, 0.1) is 0 Å². The van der Waals surface area contributed by atoms with Crippen LogP contribution in [0.25, 0.3) is 0 Å². The summed E-state index contributed by atoms with van der Waals surface area (Å²) < 4.78 is 28.6. The summed E-state index contributed by atoms with van der Waals surface area (Å²) >= 11 is 0. The molecule has 0 saturated carbocycles. The van der Waals surface area contributed by atoms with Crippen molar-refractivity contribution in [2.75, 3.05) is 6.86 Å². The van der Waals surface area contributed by atoms with Gasteiger partial charge in [-0.25, -0.2) is 8.78 Å².